The summed E-state index contributed by atoms with van der Waals surface area (Å²) in [4.78, 5) is 0. The smallest absolute Gasteiger partial charge is 0.0855 e. The molecule has 0 radical (unpaired) electrons. The molecule has 2 unspecified atom stereocenters. The number of aliphatic hydroxyl groups is 2. The lowest BCUT2D eigenvalue weighted by Crippen LogP contribution is -2.33. The summed E-state index contributed by atoms with van der Waals surface area (Å²) in [6.07, 6.45) is 3.31. The first-order valence-electron chi connectivity index (χ1n) is 9.30. The van der Waals surface area contributed by atoms with Crippen molar-refractivity contribution >= 4 is 10.9 Å². The summed E-state index contributed by atoms with van der Waals surface area (Å²) in [5.74, 6) is 0. The summed E-state index contributed by atoms with van der Waals surface area (Å²) in [7, 11) is 0. The van der Waals surface area contributed by atoms with E-state index >= 15 is 0 Å². The molecule has 0 spiro atoms. The largest absolute Gasteiger partial charge is 0.394 e. The fourth-order valence-electron chi connectivity index (χ4n) is 3.81. The molecule has 1 saturated heterocycles. The Morgan fingerprint density at radius 2 is 1.88 bits per heavy atom. The monoisotopic (exact) mass is 351 g/mol. The molecular formula is C22H25NO3. The molecule has 2 aromatic carbocycles. The van der Waals surface area contributed by atoms with Crippen LogP contribution >= 0.6 is 0 Å². The van der Waals surface area contributed by atoms with E-state index in [9.17, 15) is 10.2 Å². The molecule has 1 fully saturated rings. The molecule has 3 atom stereocenters. The Balaban J connectivity index is 1.56. The first-order chi connectivity index (χ1) is 12.7. The predicted molar refractivity (Wildman–Crippen MR) is 102 cm³/mol. The summed E-state index contributed by atoms with van der Waals surface area (Å²) < 4.78 is 8.24. The first-order valence-corrected chi connectivity index (χ1v) is 9.30. The molecule has 2 heterocycles. The second-order valence-corrected chi connectivity index (χ2v) is 7.12. The van der Waals surface area contributed by atoms with E-state index in [1.54, 1.807) is 0 Å². The van der Waals surface area contributed by atoms with Gasteiger partial charge in [0.15, 0.2) is 0 Å². The van der Waals surface area contributed by atoms with Crippen molar-refractivity contribution in [3.05, 3.63) is 71.9 Å². The average Bonchev–Trinajstić information content (AvgIpc) is 3.09. The lowest BCUT2D eigenvalue weighted by Gasteiger charge is -2.32. The molecule has 3 aromatic rings. The van der Waals surface area contributed by atoms with Gasteiger partial charge in [-0.3, -0.25) is 0 Å². The van der Waals surface area contributed by atoms with Crippen LogP contribution in [-0.4, -0.2) is 33.6 Å². The highest BCUT2D eigenvalue weighted by Gasteiger charge is 2.29. The Bertz CT molecular complexity index is 858. The molecule has 4 heteroatoms. The van der Waals surface area contributed by atoms with Crippen LogP contribution in [0.2, 0.25) is 0 Å². The summed E-state index contributed by atoms with van der Waals surface area (Å²) >= 11 is 0. The van der Waals surface area contributed by atoms with Crippen LogP contribution in [0.3, 0.4) is 0 Å². The predicted octanol–water partition coefficient (Wildman–Crippen LogP) is 3.46. The Hall–Kier alpha value is -2.14. The standard InChI is InChI=1S/C22H25NO3/c24-15-20-13-19(25)14-22(26-20)18-7-6-17-9-11-23(21(17)12-18)10-8-16-4-2-1-3-5-16/h1-7,9,11-12,19-20,22,24-25H,8,10,13-15H2/t19?,20?,22-/m1/s1. The van der Waals surface area contributed by atoms with Crippen molar-refractivity contribution < 1.29 is 14.9 Å². The Morgan fingerprint density at radius 1 is 1.04 bits per heavy atom. The molecule has 0 amide bonds. The quantitative estimate of drug-likeness (QED) is 0.740. The number of nitrogens with zero attached hydrogens (tertiary/aromatic N) is 1. The highest BCUT2D eigenvalue weighted by atomic mass is 16.5. The molecule has 136 valence electrons. The van der Waals surface area contributed by atoms with Gasteiger partial charge < -0.3 is 19.5 Å². The van der Waals surface area contributed by atoms with E-state index in [2.05, 4.69) is 59.3 Å². The molecule has 1 aromatic heterocycles. The molecule has 0 aliphatic carbocycles. The van der Waals surface area contributed by atoms with E-state index in [1.165, 1.54) is 16.5 Å². The second-order valence-electron chi connectivity index (χ2n) is 7.12. The van der Waals surface area contributed by atoms with Crippen molar-refractivity contribution in [2.45, 2.75) is 44.1 Å². The van der Waals surface area contributed by atoms with E-state index in [-0.39, 0.29) is 18.8 Å². The number of aryl methyl sites for hydroxylation is 2. The van der Waals surface area contributed by atoms with Crippen LogP contribution in [0.15, 0.2) is 60.8 Å². The van der Waals surface area contributed by atoms with Gasteiger partial charge in [0, 0.05) is 31.1 Å². The Morgan fingerprint density at radius 3 is 2.69 bits per heavy atom. The minimum Gasteiger partial charge on any atom is -0.394 e. The molecule has 26 heavy (non-hydrogen) atoms. The normalized spacial score (nSPS) is 23.4. The van der Waals surface area contributed by atoms with Crippen molar-refractivity contribution in [3.63, 3.8) is 0 Å². The van der Waals surface area contributed by atoms with Gasteiger partial charge in [-0.25, -0.2) is 0 Å². The minimum atomic E-state index is -0.425. The zero-order valence-corrected chi connectivity index (χ0v) is 14.8. The molecule has 4 nitrogen and oxygen atoms in total. The van der Waals surface area contributed by atoms with Crippen molar-refractivity contribution in [3.8, 4) is 0 Å². The maximum atomic E-state index is 10.1. The minimum absolute atomic E-state index is 0.0523. The molecule has 2 N–H and O–H groups in total. The van der Waals surface area contributed by atoms with Crippen molar-refractivity contribution in [2.75, 3.05) is 6.61 Å². The number of aromatic nitrogens is 1. The van der Waals surface area contributed by atoms with Crippen LogP contribution < -0.4 is 0 Å². The van der Waals surface area contributed by atoms with Crippen molar-refractivity contribution in [2.24, 2.45) is 0 Å². The van der Waals surface area contributed by atoms with Crippen molar-refractivity contribution in [1.29, 1.82) is 0 Å². The third-order valence-electron chi connectivity index (χ3n) is 5.24. The van der Waals surface area contributed by atoms with Gasteiger partial charge in [0.05, 0.1) is 24.9 Å². The molecule has 0 saturated carbocycles. The van der Waals surface area contributed by atoms with Gasteiger partial charge >= 0.3 is 0 Å². The number of benzene rings is 2. The zero-order valence-electron chi connectivity index (χ0n) is 14.8. The van der Waals surface area contributed by atoms with Crippen molar-refractivity contribution in [1.82, 2.24) is 4.57 Å². The van der Waals surface area contributed by atoms with Crippen LogP contribution in [0.25, 0.3) is 10.9 Å². The lowest BCUT2D eigenvalue weighted by atomic mass is 9.96. The Kier molecular flexibility index (Phi) is 5.07. The van der Waals surface area contributed by atoms with Gasteiger partial charge in [-0.15, -0.1) is 0 Å². The first kappa shape index (κ1) is 17.3. The van der Waals surface area contributed by atoms with Crippen LogP contribution in [0.4, 0.5) is 0 Å². The molecular weight excluding hydrogens is 326 g/mol. The number of hydrogen-bond donors (Lipinski definition) is 2. The SMILES string of the molecule is OCC1CC(O)C[C@H](c2ccc3ccn(CCc4ccccc4)c3c2)O1. The van der Waals surface area contributed by atoms with E-state index in [0.717, 1.165) is 18.5 Å². The lowest BCUT2D eigenvalue weighted by molar-refractivity contribution is -0.113. The number of rotatable bonds is 5. The second kappa shape index (κ2) is 7.62. The third kappa shape index (κ3) is 3.68. The Labute approximate surface area is 153 Å². The highest BCUT2D eigenvalue weighted by Crippen LogP contribution is 2.33. The maximum Gasteiger partial charge on any atom is 0.0855 e. The highest BCUT2D eigenvalue weighted by molar-refractivity contribution is 5.81. The molecule has 0 bridgehead atoms. The van der Waals surface area contributed by atoms with E-state index in [0.29, 0.717) is 12.8 Å². The zero-order chi connectivity index (χ0) is 17.9. The topological polar surface area (TPSA) is 54.6 Å². The van der Waals surface area contributed by atoms with Gasteiger partial charge in [0.2, 0.25) is 0 Å². The summed E-state index contributed by atoms with van der Waals surface area (Å²) in [5.41, 5.74) is 3.58. The summed E-state index contributed by atoms with van der Waals surface area (Å²) in [5, 5.41) is 20.7. The fourth-order valence-corrected chi connectivity index (χ4v) is 3.81. The summed E-state index contributed by atoms with van der Waals surface area (Å²) in [6, 6.07) is 19.0. The molecule has 4 rings (SSSR count). The van der Waals surface area contributed by atoms with Gasteiger partial charge in [-0.05, 0) is 35.1 Å². The van der Waals surface area contributed by atoms with Gasteiger partial charge in [0.25, 0.3) is 0 Å². The molecule has 1 aliphatic heterocycles. The van der Waals surface area contributed by atoms with E-state index in [4.69, 9.17) is 4.74 Å². The van der Waals surface area contributed by atoms with Gasteiger partial charge in [-0.2, -0.15) is 0 Å². The number of fused-ring (bicyclic) bond motifs is 1. The number of hydrogen-bond acceptors (Lipinski definition) is 3. The van der Waals surface area contributed by atoms with Crippen LogP contribution in [-0.2, 0) is 17.7 Å². The third-order valence-corrected chi connectivity index (χ3v) is 5.24. The van der Waals surface area contributed by atoms with Crippen LogP contribution in [0.5, 0.6) is 0 Å². The van der Waals surface area contributed by atoms with Gasteiger partial charge in [-0.1, -0.05) is 42.5 Å². The van der Waals surface area contributed by atoms with Crippen LogP contribution in [0, 0.1) is 0 Å². The van der Waals surface area contributed by atoms with E-state index < -0.39 is 6.10 Å². The number of ether oxygens (including phenoxy) is 1. The van der Waals surface area contributed by atoms with Crippen LogP contribution in [0.1, 0.15) is 30.1 Å². The average molecular weight is 351 g/mol. The number of aliphatic hydroxyl groups excluding tert-OH is 2. The van der Waals surface area contributed by atoms with Gasteiger partial charge in [0.1, 0.15) is 0 Å². The fraction of sp³-hybridized carbons (Fsp3) is 0.364. The van der Waals surface area contributed by atoms with E-state index in [1.807, 2.05) is 6.07 Å². The summed E-state index contributed by atoms with van der Waals surface area (Å²) in [6.45, 7) is 0.869. The maximum absolute atomic E-state index is 10.1. The molecule has 1 aliphatic rings.